The molecule has 0 N–H and O–H groups in total. The first-order valence-electron chi connectivity index (χ1n) is 13.4. The highest BCUT2D eigenvalue weighted by Crippen LogP contribution is 2.17. The third-order valence-corrected chi connectivity index (χ3v) is 4.08. The van der Waals surface area contributed by atoms with Crippen LogP contribution in [0.4, 0.5) is 0 Å². The van der Waals surface area contributed by atoms with Crippen molar-refractivity contribution in [3.8, 4) is 5.75 Å². The van der Waals surface area contributed by atoms with Crippen molar-refractivity contribution < 1.29 is 18.4 Å². The van der Waals surface area contributed by atoms with Crippen LogP contribution in [0.15, 0.2) is 24.3 Å². The highest BCUT2D eigenvalue weighted by molar-refractivity contribution is 5.27. The predicted molar refractivity (Wildman–Crippen MR) is 96.0 cm³/mol. The second-order valence-electron chi connectivity index (χ2n) is 5.93. The normalized spacial score (nSPS) is 37.9. The van der Waals surface area contributed by atoms with Crippen LogP contribution >= 0.6 is 0 Å². The van der Waals surface area contributed by atoms with E-state index >= 15 is 0 Å². The molecule has 0 amide bonds. The van der Waals surface area contributed by atoms with Gasteiger partial charge in [-0.05, 0) is 75.8 Å². The molecule has 0 aromatic heterocycles. The quantitative estimate of drug-likeness (QED) is 0.706. The van der Waals surface area contributed by atoms with E-state index in [9.17, 15) is 0 Å². The maximum Gasteiger partial charge on any atom is 0.119 e. The van der Waals surface area contributed by atoms with Crippen LogP contribution in [0.1, 0.15) is 64.1 Å². The molecule has 2 aliphatic heterocycles. The standard InChI is InChI=1S/C20H32N2O/c1-3-12-21(13-4-1)16-7-17-23-20-10-8-19(9-11-20)18-22-14-5-2-6-15-22/h8-11H,1-7,12-18H2/i1D2,3D2,4D2,12D2,13D2. The van der Waals surface area contributed by atoms with Crippen molar-refractivity contribution >= 4 is 0 Å². The lowest BCUT2D eigenvalue weighted by molar-refractivity contribution is 0.205. The fourth-order valence-corrected chi connectivity index (χ4v) is 2.84. The molecule has 2 heterocycles. The van der Waals surface area contributed by atoms with Crippen molar-refractivity contribution in [2.24, 2.45) is 0 Å². The molecule has 2 aliphatic rings. The van der Waals surface area contributed by atoms with Gasteiger partial charge < -0.3 is 9.64 Å². The van der Waals surface area contributed by atoms with Gasteiger partial charge in [0.1, 0.15) is 5.75 Å². The molecule has 0 atom stereocenters. The number of hydrogen-bond donors (Lipinski definition) is 0. The second-order valence-corrected chi connectivity index (χ2v) is 5.93. The number of hydrogen-bond acceptors (Lipinski definition) is 3. The number of likely N-dealkylation sites (tertiary alicyclic amines) is 2. The minimum atomic E-state index is -3.38. The number of rotatable bonds is 7. The minimum absolute atomic E-state index is 0.0903. The minimum Gasteiger partial charge on any atom is -0.494 e. The van der Waals surface area contributed by atoms with Crippen LogP contribution < -0.4 is 4.74 Å². The first-order valence-corrected chi connectivity index (χ1v) is 8.38. The van der Waals surface area contributed by atoms with Gasteiger partial charge in [-0.15, -0.1) is 0 Å². The number of nitrogens with zero attached hydrogens (tertiary/aromatic N) is 2. The van der Waals surface area contributed by atoms with Crippen molar-refractivity contribution in [2.45, 2.75) is 51.3 Å². The van der Waals surface area contributed by atoms with Crippen LogP contribution in [0.2, 0.25) is 0 Å². The molecule has 1 aromatic carbocycles. The Bertz CT molecular complexity index is 780. The van der Waals surface area contributed by atoms with Gasteiger partial charge in [0.25, 0.3) is 0 Å². The Kier molecular flexibility index (Phi) is 3.37. The number of benzene rings is 1. The third-order valence-electron chi connectivity index (χ3n) is 4.08. The van der Waals surface area contributed by atoms with E-state index in [1.165, 1.54) is 24.8 Å². The fourth-order valence-electron chi connectivity index (χ4n) is 2.84. The molecule has 0 aliphatic carbocycles. The Labute approximate surface area is 155 Å². The zero-order valence-electron chi connectivity index (χ0n) is 23.5. The molecular formula is C20H32N2O. The van der Waals surface area contributed by atoms with Crippen molar-refractivity contribution in [2.75, 3.05) is 39.2 Å². The van der Waals surface area contributed by atoms with Gasteiger partial charge in [0.15, 0.2) is 0 Å². The summed E-state index contributed by atoms with van der Waals surface area (Å²) in [5.41, 5.74) is 1.18. The molecule has 0 radical (unpaired) electrons. The fraction of sp³-hybridized carbons (Fsp3) is 0.700. The summed E-state index contributed by atoms with van der Waals surface area (Å²) in [5, 5.41) is 0. The van der Waals surface area contributed by atoms with E-state index in [0.29, 0.717) is 10.6 Å². The van der Waals surface area contributed by atoms with E-state index in [2.05, 4.69) is 4.90 Å². The van der Waals surface area contributed by atoms with Gasteiger partial charge in [-0.3, -0.25) is 4.90 Å². The lowest BCUT2D eigenvalue weighted by atomic mass is 10.1. The molecule has 23 heavy (non-hydrogen) atoms. The van der Waals surface area contributed by atoms with E-state index in [4.69, 9.17) is 18.4 Å². The van der Waals surface area contributed by atoms with Crippen molar-refractivity contribution in [1.82, 2.24) is 9.80 Å². The van der Waals surface area contributed by atoms with Crippen molar-refractivity contribution in [3.63, 3.8) is 0 Å². The predicted octanol–water partition coefficient (Wildman–Crippen LogP) is 3.93. The van der Waals surface area contributed by atoms with Crippen LogP contribution in [0.3, 0.4) is 0 Å². The van der Waals surface area contributed by atoms with E-state index < -0.39 is 32.1 Å². The first kappa shape index (κ1) is 8.35. The molecule has 0 bridgehead atoms. The summed E-state index contributed by atoms with van der Waals surface area (Å²) in [4.78, 5) is 2.87. The van der Waals surface area contributed by atoms with E-state index in [0.717, 1.165) is 19.6 Å². The van der Waals surface area contributed by atoms with Crippen LogP contribution in [-0.2, 0) is 6.54 Å². The van der Waals surface area contributed by atoms with E-state index in [1.807, 2.05) is 24.3 Å². The van der Waals surface area contributed by atoms with Gasteiger partial charge in [-0.1, -0.05) is 24.9 Å². The first-order chi connectivity index (χ1) is 15.2. The molecular weight excluding hydrogens is 284 g/mol. The molecule has 3 rings (SSSR count). The van der Waals surface area contributed by atoms with Gasteiger partial charge in [0.05, 0.1) is 6.61 Å². The SMILES string of the molecule is [2H]C1([2H])N(CCCOc2ccc(CN3CCCCC3)cc2)C([2H])([2H])C([2H])([2H])C([2H])([2H])C1([2H])[2H]. The average molecular weight is 327 g/mol. The van der Waals surface area contributed by atoms with Gasteiger partial charge >= 0.3 is 0 Å². The average Bonchev–Trinajstić information content (AvgIpc) is 2.74. The molecule has 3 nitrogen and oxygen atoms in total. The second kappa shape index (κ2) is 9.29. The molecule has 0 spiro atoms. The maximum absolute atomic E-state index is 8.13. The van der Waals surface area contributed by atoms with Crippen molar-refractivity contribution in [1.29, 1.82) is 0 Å². The summed E-state index contributed by atoms with van der Waals surface area (Å²) in [6.07, 6.45) is -6.10. The Morgan fingerprint density at radius 2 is 1.65 bits per heavy atom. The van der Waals surface area contributed by atoms with Gasteiger partial charge in [0, 0.05) is 26.8 Å². The summed E-state index contributed by atoms with van der Waals surface area (Å²) in [6, 6.07) is 7.64. The molecule has 2 saturated heterocycles. The molecule has 128 valence electrons. The summed E-state index contributed by atoms with van der Waals surface area (Å²) < 4.78 is 85.7. The molecule has 3 heteroatoms. The third kappa shape index (κ3) is 5.82. The molecule has 0 unspecified atom stereocenters. The highest BCUT2D eigenvalue weighted by atomic mass is 16.5. The van der Waals surface area contributed by atoms with Crippen LogP contribution in [0.5, 0.6) is 5.75 Å². The van der Waals surface area contributed by atoms with E-state index in [-0.39, 0.29) is 19.6 Å². The zero-order chi connectivity index (χ0) is 24.7. The van der Waals surface area contributed by atoms with Crippen molar-refractivity contribution in [3.05, 3.63) is 29.8 Å². The Morgan fingerprint density at radius 3 is 2.39 bits per heavy atom. The summed E-state index contributed by atoms with van der Waals surface area (Å²) >= 11 is 0. The largest absolute Gasteiger partial charge is 0.494 e. The zero-order valence-corrected chi connectivity index (χ0v) is 13.5. The van der Waals surface area contributed by atoms with Gasteiger partial charge in [-0.25, -0.2) is 0 Å². The Balaban J connectivity index is 1.59. The van der Waals surface area contributed by atoms with Crippen LogP contribution in [-0.4, -0.2) is 49.0 Å². The summed E-state index contributed by atoms with van der Waals surface area (Å²) in [5.74, 6) is 0.601. The summed E-state index contributed by atoms with van der Waals surface area (Å²) in [7, 11) is 0. The smallest absolute Gasteiger partial charge is 0.119 e. The van der Waals surface area contributed by atoms with Gasteiger partial charge in [0.2, 0.25) is 0 Å². The topological polar surface area (TPSA) is 15.7 Å². The maximum atomic E-state index is 8.13. The lowest BCUT2D eigenvalue weighted by Crippen LogP contribution is -2.31. The highest BCUT2D eigenvalue weighted by Gasteiger charge is 2.11. The molecule has 1 aromatic rings. The molecule has 2 fully saturated rings. The van der Waals surface area contributed by atoms with Crippen LogP contribution in [0, 0.1) is 0 Å². The summed E-state index contributed by atoms with van der Waals surface area (Å²) in [6.45, 7) is -3.30. The number of piperidine rings is 2. The Hall–Kier alpha value is -1.06. The van der Waals surface area contributed by atoms with Gasteiger partial charge in [-0.2, -0.15) is 0 Å². The lowest BCUT2D eigenvalue weighted by Gasteiger charge is -2.26. The molecule has 0 saturated carbocycles. The Morgan fingerprint density at radius 1 is 0.913 bits per heavy atom. The van der Waals surface area contributed by atoms with E-state index in [1.54, 1.807) is 0 Å². The number of ether oxygens (including phenoxy) is 1. The monoisotopic (exact) mass is 326 g/mol. The van der Waals surface area contributed by atoms with Crippen LogP contribution in [0.25, 0.3) is 0 Å².